The molecule has 6 heteroatoms. The Morgan fingerprint density at radius 2 is 2.00 bits per heavy atom. The second-order valence-corrected chi connectivity index (χ2v) is 6.40. The van der Waals surface area contributed by atoms with Crippen molar-refractivity contribution in [2.24, 2.45) is 5.92 Å². The monoisotopic (exact) mass is 343 g/mol. The number of carbonyl (C=O) groups is 2. The van der Waals surface area contributed by atoms with E-state index in [9.17, 15) is 9.59 Å². The topological polar surface area (TPSA) is 64.4 Å². The molecule has 2 rings (SSSR count). The fourth-order valence-electron chi connectivity index (χ4n) is 2.80. The number of aryl methyl sites for hydroxylation is 2. The van der Waals surface area contributed by atoms with E-state index in [0.717, 1.165) is 17.0 Å². The third-order valence-corrected chi connectivity index (χ3v) is 4.11. The summed E-state index contributed by atoms with van der Waals surface area (Å²) in [7, 11) is 3.04. The van der Waals surface area contributed by atoms with E-state index in [1.165, 1.54) is 7.11 Å². The lowest BCUT2D eigenvalue weighted by Gasteiger charge is -2.20. The molecular weight excluding hydrogens is 318 g/mol. The molecule has 1 heterocycles. The zero-order valence-electron chi connectivity index (χ0n) is 15.4. The maximum atomic E-state index is 12.6. The van der Waals surface area contributed by atoms with Crippen LogP contribution in [-0.2, 0) is 16.1 Å². The molecule has 0 radical (unpaired) electrons. The lowest BCUT2D eigenvalue weighted by Crippen LogP contribution is -2.34. The second-order valence-electron chi connectivity index (χ2n) is 6.40. The van der Waals surface area contributed by atoms with Gasteiger partial charge in [-0.15, -0.1) is 0 Å². The average molecular weight is 343 g/mol. The zero-order chi connectivity index (χ0) is 18.6. The number of amides is 1. The number of esters is 1. The molecule has 0 aliphatic heterocycles. The van der Waals surface area contributed by atoms with Gasteiger partial charge < -0.3 is 9.64 Å². The first kappa shape index (κ1) is 18.7. The van der Waals surface area contributed by atoms with Crippen LogP contribution < -0.4 is 0 Å². The first-order chi connectivity index (χ1) is 11.8. The number of hydrogen-bond donors (Lipinski definition) is 0. The minimum atomic E-state index is -0.364. The molecule has 25 heavy (non-hydrogen) atoms. The molecule has 134 valence electrons. The lowest BCUT2D eigenvalue weighted by molar-refractivity contribution is -0.145. The van der Waals surface area contributed by atoms with Crippen LogP contribution in [0.25, 0.3) is 0 Å². The van der Waals surface area contributed by atoms with Gasteiger partial charge in [0.2, 0.25) is 0 Å². The Morgan fingerprint density at radius 3 is 2.60 bits per heavy atom. The van der Waals surface area contributed by atoms with E-state index in [-0.39, 0.29) is 17.8 Å². The van der Waals surface area contributed by atoms with Gasteiger partial charge in [-0.25, -0.2) is 0 Å². The maximum absolute atomic E-state index is 12.6. The van der Waals surface area contributed by atoms with Crippen molar-refractivity contribution < 1.29 is 14.3 Å². The van der Waals surface area contributed by atoms with Crippen LogP contribution in [0, 0.1) is 19.8 Å². The van der Waals surface area contributed by atoms with Gasteiger partial charge in [0.15, 0.2) is 0 Å². The van der Waals surface area contributed by atoms with Crippen LogP contribution in [0.15, 0.2) is 30.3 Å². The predicted octanol–water partition coefficient (Wildman–Crippen LogP) is 2.43. The number of carbonyl (C=O) groups excluding carboxylic acids is 2. The number of ether oxygens (including phenoxy) is 1. The van der Waals surface area contributed by atoms with Gasteiger partial charge in [0.05, 0.1) is 25.3 Å². The Kier molecular flexibility index (Phi) is 5.96. The largest absolute Gasteiger partial charge is 0.469 e. The van der Waals surface area contributed by atoms with Gasteiger partial charge >= 0.3 is 5.97 Å². The highest BCUT2D eigenvalue weighted by Crippen LogP contribution is 2.12. The number of rotatable bonds is 6. The molecule has 1 amide bonds. The van der Waals surface area contributed by atoms with Crippen LogP contribution in [0.1, 0.15) is 34.2 Å². The zero-order valence-corrected chi connectivity index (χ0v) is 15.4. The van der Waals surface area contributed by atoms with Gasteiger partial charge in [0, 0.05) is 24.8 Å². The summed E-state index contributed by atoms with van der Waals surface area (Å²) in [6.45, 7) is 6.64. The highest BCUT2D eigenvalue weighted by atomic mass is 16.5. The highest BCUT2D eigenvalue weighted by molar-refractivity contribution is 5.94. The fourth-order valence-corrected chi connectivity index (χ4v) is 2.80. The molecule has 1 aromatic heterocycles. The fraction of sp³-hybridized carbons (Fsp3) is 0.421. The van der Waals surface area contributed by atoms with Crippen molar-refractivity contribution in [3.8, 4) is 0 Å². The molecule has 1 atom stereocenters. The quantitative estimate of drug-likeness (QED) is 0.756. The average Bonchev–Trinajstić information content (AvgIpc) is 2.90. The molecule has 2 aromatic rings. The maximum Gasteiger partial charge on any atom is 0.310 e. The van der Waals surface area contributed by atoms with Gasteiger partial charge in [-0.1, -0.05) is 19.1 Å². The Labute approximate surface area is 148 Å². The summed E-state index contributed by atoms with van der Waals surface area (Å²) >= 11 is 0. The third kappa shape index (κ3) is 4.68. The van der Waals surface area contributed by atoms with Crippen molar-refractivity contribution in [3.63, 3.8) is 0 Å². The van der Waals surface area contributed by atoms with Gasteiger partial charge in [0.25, 0.3) is 5.91 Å². The van der Waals surface area contributed by atoms with Crippen LogP contribution in [0.2, 0.25) is 0 Å². The summed E-state index contributed by atoms with van der Waals surface area (Å²) in [6.07, 6.45) is 0. The molecular formula is C19H25N3O3. The normalized spacial score (nSPS) is 11.9. The second kappa shape index (κ2) is 7.96. The Bertz CT molecular complexity index is 767. The summed E-state index contributed by atoms with van der Waals surface area (Å²) in [5.41, 5.74) is 3.66. The molecule has 6 nitrogen and oxygen atoms in total. The van der Waals surface area contributed by atoms with E-state index < -0.39 is 0 Å². The van der Waals surface area contributed by atoms with E-state index in [4.69, 9.17) is 4.74 Å². The molecule has 0 saturated carbocycles. The molecule has 1 aromatic carbocycles. The summed E-state index contributed by atoms with van der Waals surface area (Å²) in [6, 6.07) is 9.53. The molecule has 0 unspecified atom stereocenters. The van der Waals surface area contributed by atoms with Crippen molar-refractivity contribution >= 4 is 11.9 Å². The van der Waals surface area contributed by atoms with Crippen molar-refractivity contribution in [1.29, 1.82) is 0 Å². The molecule has 0 bridgehead atoms. The molecule has 0 spiro atoms. The van der Waals surface area contributed by atoms with Gasteiger partial charge in [-0.05, 0) is 37.6 Å². The van der Waals surface area contributed by atoms with E-state index in [1.807, 2.05) is 42.8 Å². The molecule has 0 aliphatic carbocycles. The van der Waals surface area contributed by atoms with E-state index in [2.05, 4.69) is 5.10 Å². The Balaban J connectivity index is 2.10. The van der Waals surface area contributed by atoms with E-state index in [0.29, 0.717) is 18.7 Å². The number of benzene rings is 1. The van der Waals surface area contributed by atoms with Crippen LogP contribution in [0.5, 0.6) is 0 Å². The van der Waals surface area contributed by atoms with Crippen molar-refractivity contribution in [3.05, 3.63) is 52.8 Å². The van der Waals surface area contributed by atoms with Crippen molar-refractivity contribution in [1.82, 2.24) is 14.7 Å². The van der Waals surface area contributed by atoms with Gasteiger partial charge in [0.1, 0.15) is 0 Å². The van der Waals surface area contributed by atoms with Crippen molar-refractivity contribution in [2.45, 2.75) is 27.3 Å². The predicted molar refractivity (Wildman–Crippen MR) is 95.4 cm³/mol. The standard InChI is InChI=1S/C19H25N3O3/c1-13(19(24)25-5)11-21(4)18(23)17-8-6-7-16(10-17)12-22-15(3)9-14(2)20-22/h6-10,13H,11-12H2,1-5H3/t13-/m0/s1. The lowest BCUT2D eigenvalue weighted by atomic mass is 10.1. The minimum absolute atomic E-state index is 0.119. The molecule has 0 fully saturated rings. The third-order valence-electron chi connectivity index (χ3n) is 4.11. The number of nitrogens with zero attached hydrogens (tertiary/aromatic N) is 3. The molecule has 0 aliphatic rings. The summed E-state index contributed by atoms with van der Waals surface area (Å²) in [4.78, 5) is 25.7. The molecule has 0 N–H and O–H groups in total. The number of hydrogen-bond acceptors (Lipinski definition) is 4. The Hall–Kier alpha value is -2.63. The first-order valence-corrected chi connectivity index (χ1v) is 8.25. The van der Waals surface area contributed by atoms with E-state index in [1.54, 1.807) is 24.9 Å². The summed E-state index contributed by atoms with van der Waals surface area (Å²) in [5.74, 6) is -0.805. The number of methoxy groups -OCH3 is 1. The van der Waals surface area contributed by atoms with E-state index >= 15 is 0 Å². The Morgan fingerprint density at radius 1 is 1.28 bits per heavy atom. The van der Waals surface area contributed by atoms with Crippen LogP contribution in [-0.4, -0.2) is 47.3 Å². The van der Waals surface area contributed by atoms with Crippen LogP contribution in [0.3, 0.4) is 0 Å². The number of aromatic nitrogens is 2. The van der Waals surface area contributed by atoms with Crippen molar-refractivity contribution in [2.75, 3.05) is 20.7 Å². The highest BCUT2D eigenvalue weighted by Gasteiger charge is 2.19. The smallest absolute Gasteiger partial charge is 0.310 e. The van der Waals surface area contributed by atoms with Crippen LogP contribution in [0.4, 0.5) is 0 Å². The summed E-state index contributed by atoms with van der Waals surface area (Å²) < 4.78 is 6.63. The van der Waals surface area contributed by atoms with Crippen LogP contribution >= 0.6 is 0 Å². The van der Waals surface area contributed by atoms with Gasteiger partial charge in [-0.3, -0.25) is 14.3 Å². The summed E-state index contributed by atoms with van der Waals surface area (Å²) in [5, 5.41) is 4.45. The minimum Gasteiger partial charge on any atom is -0.469 e. The first-order valence-electron chi connectivity index (χ1n) is 8.25. The SMILES string of the molecule is COC(=O)[C@@H](C)CN(C)C(=O)c1cccc(Cn2nc(C)cc2C)c1. The van der Waals surface area contributed by atoms with Gasteiger partial charge in [-0.2, -0.15) is 5.10 Å². The molecule has 0 saturated heterocycles.